The normalized spacial score (nSPS) is 22.1. The van der Waals surface area contributed by atoms with E-state index in [1.807, 2.05) is 19.1 Å². The molecule has 1 aromatic carbocycles. The molecule has 0 saturated carbocycles. The van der Waals surface area contributed by atoms with Crippen LogP contribution < -0.4 is 11.1 Å². The van der Waals surface area contributed by atoms with E-state index in [4.69, 9.17) is 10.5 Å². The van der Waals surface area contributed by atoms with Gasteiger partial charge in [0, 0.05) is 25.3 Å². The van der Waals surface area contributed by atoms with Crippen LogP contribution >= 0.6 is 0 Å². The van der Waals surface area contributed by atoms with Gasteiger partial charge in [-0.15, -0.1) is 0 Å². The summed E-state index contributed by atoms with van der Waals surface area (Å²) in [5.74, 6) is 0.242. The Morgan fingerprint density at radius 1 is 1.50 bits per heavy atom. The van der Waals surface area contributed by atoms with Crippen molar-refractivity contribution in [1.29, 1.82) is 0 Å². The fourth-order valence-corrected chi connectivity index (χ4v) is 2.82. The fraction of sp³-hybridized carbons (Fsp3) is 0.562. The number of amides is 1. The summed E-state index contributed by atoms with van der Waals surface area (Å²) in [6.45, 7) is 6.87. The van der Waals surface area contributed by atoms with Crippen molar-refractivity contribution >= 4 is 5.91 Å². The Morgan fingerprint density at radius 2 is 2.30 bits per heavy atom. The second kappa shape index (κ2) is 6.86. The molecule has 1 saturated heterocycles. The van der Waals surface area contributed by atoms with E-state index in [9.17, 15) is 4.79 Å². The number of hydrogen-bond donors (Lipinski definition) is 2. The first kappa shape index (κ1) is 15.0. The zero-order chi connectivity index (χ0) is 14.5. The van der Waals surface area contributed by atoms with E-state index in [0.29, 0.717) is 17.6 Å². The molecule has 20 heavy (non-hydrogen) atoms. The van der Waals surface area contributed by atoms with Crippen LogP contribution in [0, 0.1) is 12.8 Å². The lowest BCUT2D eigenvalue weighted by Gasteiger charge is -2.17. The number of hydrogen-bond acceptors (Lipinski definition) is 3. The summed E-state index contributed by atoms with van der Waals surface area (Å²) in [6.07, 6.45) is 2.63. The van der Waals surface area contributed by atoms with Crippen molar-refractivity contribution in [2.75, 3.05) is 13.2 Å². The smallest absolute Gasteiger partial charge is 0.248 e. The van der Waals surface area contributed by atoms with Crippen molar-refractivity contribution in [3.05, 3.63) is 34.9 Å². The summed E-state index contributed by atoms with van der Waals surface area (Å²) in [6, 6.07) is 5.62. The first-order valence-corrected chi connectivity index (χ1v) is 7.33. The van der Waals surface area contributed by atoms with Gasteiger partial charge in [0.1, 0.15) is 0 Å². The summed E-state index contributed by atoms with van der Waals surface area (Å²) in [5, 5.41) is 3.50. The predicted molar refractivity (Wildman–Crippen MR) is 79.5 cm³/mol. The van der Waals surface area contributed by atoms with Gasteiger partial charge in [-0.05, 0) is 48.9 Å². The Kier molecular flexibility index (Phi) is 5.15. The van der Waals surface area contributed by atoms with Gasteiger partial charge >= 0.3 is 0 Å². The van der Waals surface area contributed by atoms with Crippen molar-refractivity contribution in [3.8, 4) is 0 Å². The molecule has 0 spiro atoms. The van der Waals surface area contributed by atoms with Crippen molar-refractivity contribution in [3.63, 3.8) is 0 Å². The summed E-state index contributed by atoms with van der Waals surface area (Å²) in [5.41, 5.74) is 8.16. The number of nitrogens with two attached hydrogens (primary N) is 1. The zero-order valence-corrected chi connectivity index (χ0v) is 12.3. The third kappa shape index (κ3) is 3.58. The number of benzene rings is 1. The van der Waals surface area contributed by atoms with Gasteiger partial charge in [0.05, 0.1) is 6.10 Å². The van der Waals surface area contributed by atoms with E-state index in [0.717, 1.165) is 38.1 Å². The molecule has 1 aromatic rings. The maximum Gasteiger partial charge on any atom is 0.248 e. The SMILES string of the molecule is CCC1OCCC1CNCc1ccc(C(N)=O)cc1C. The molecule has 0 aromatic heterocycles. The van der Waals surface area contributed by atoms with E-state index in [1.165, 1.54) is 5.56 Å². The van der Waals surface area contributed by atoms with Crippen molar-refractivity contribution in [1.82, 2.24) is 5.32 Å². The minimum absolute atomic E-state index is 0.374. The molecule has 1 heterocycles. The van der Waals surface area contributed by atoms with Gasteiger partial charge in [0.2, 0.25) is 5.91 Å². The Bertz CT molecular complexity index is 474. The maximum atomic E-state index is 11.1. The third-order valence-corrected chi connectivity index (χ3v) is 4.10. The second-order valence-corrected chi connectivity index (χ2v) is 5.50. The molecule has 110 valence electrons. The number of carbonyl (C=O) groups is 1. The molecule has 2 atom stereocenters. The van der Waals surface area contributed by atoms with Gasteiger partial charge in [-0.2, -0.15) is 0 Å². The number of primary amides is 1. The van der Waals surface area contributed by atoms with E-state index in [2.05, 4.69) is 12.2 Å². The highest BCUT2D eigenvalue weighted by molar-refractivity contribution is 5.93. The van der Waals surface area contributed by atoms with E-state index in [-0.39, 0.29) is 5.91 Å². The summed E-state index contributed by atoms with van der Waals surface area (Å²) < 4.78 is 5.69. The highest BCUT2D eigenvalue weighted by Gasteiger charge is 2.25. The minimum atomic E-state index is -0.374. The van der Waals surface area contributed by atoms with Crippen LogP contribution in [-0.2, 0) is 11.3 Å². The van der Waals surface area contributed by atoms with Crippen LogP contribution in [0.3, 0.4) is 0 Å². The molecule has 1 fully saturated rings. The standard InChI is InChI=1S/C16H24N2O2/c1-3-15-14(6-7-20-15)10-18-9-13-5-4-12(16(17)19)8-11(13)2/h4-5,8,14-15,18H,3,6-7,9-10H2,1-2H3,(H2,17,19). The van der Waals surface area contributed by atoms with E-state index >= 15 is 0 Å². The molecule has 0 bridgehead atoms. The Balaban J connectivity index is 1.86. The lowest BCUT2D eigenvalue weighted by Crippen LogP contribution is -2.28. The van der Waals surface area contributed by atoms with Gasteiger partial charge in [0.15, 0.2) is 0 Å². The monoisotopic (exact) mass is 276 g/mol. The van der Waals surface area contributed by atoms with E-state index < -0.39 is 0 Å². The first-order chi connectivity index (χ1) is 9.61. The molecule has 2 rings (SSSR count). The van der Waals surface area contributed by atoms with Crippen LogP contribution in [0.25, 0.3) is 0 Å². The average Bonchev–Trinajstić information content (AvgIpc) is 2.87. The molecule has 1 amide bonds. The van der Waals surface area contributed by atoms with Crippen LogP contribution in [0.5, 0.6) is 0 Å². The van der Waals surface area contributed by atoms with Crippen molar-refractivity contribution < 1.29 is 9.53 Å². The quantitative estimate of drug-likeness (QED) is 0.835. The Hall–Kier alpha value is -1.39. The second-order valence-electron chi connectivity index (χ2n) is 5.50. The molecule has 0 aliphatic carbocycles. The van der Waals surface area contributed by atoms with Crippen LogP contribution in [0.2, 0.25) is 0 Å². The average molecular weight is 276 g/mol. The molecule has 2 unspecified atom stereocenters. The summed E-state index contributed by atoms with van der Waals surface area (Å²) >= 11 is 0. The van der Waals surface area contributed by atoms with Gasteiger partial charge in [-0.1, -0.05) is 13.0 Å². The highest BCUT2D eigenvalue weighted by atomic mass is 16.5. The molecule has 1 aliphatic heterocycles. The Morgan fingerprint density at radius 3 is 2.95 bits per heavy atom. The van der Waals surface area contributed by atoms with Gasteiger partial charge in [-0.25, -0.2) is 0 Å². The fourth-order valence-electron chi connectivity index (χ4n) is 2.82. The third-order valence-electron chi connectivity index (χ3n) is 4.10. The van der Waals surface area contributed by atoms with Crippen LogP contribution in [-0.4, -0.2) is 25.2 Å². The van der Waals surface area contributed by atoms with Crippen molar-refractivity contribution in [2.24, 2.45) is 11.7 Å². The lowest BCUT2D eigenvalue weighted by atomic mass is 9.99. The topological polar surface area (TPSA) is 64.3 Å². The first-order valence-electron chi connectivity index (χ1n) is 7.33. The highest BCUT2D eigenvalue weighted by Crippen LogP contribution is 2.22. The van der Waals surface area contributed by atoms with Crippen molar-refractivity contribution in [2.45, 2.75) is 39.3 Å². The zero-order valence-electron chi connectivity index (χ0n) is 12.3. The van der Waals surface area contributed by atoms with Crippen LogP contribution in [0.1, 0.15) is 41.3 Å². The van der Waals surface area contributed by atoms with Gasteiger partial charge < -0.3 is 15.8 Å². The number of nitrogens with one attached hydrogen (secondary N) is 1. The van der Waals surface area contributed by atoms with Crippen LogP contribution in [0.15, 0.2) is 18.2 Å². The van der Waals surface area contributed by atoms with Crippen LogP contribution in [0.4, 0.5) is 0 Å². The van der Waals surface area contributed by atoms with Gasteiger partial charge in [-0.3, -0.25) is 4.79 Å². The predicted octanol–water partition coefficient (Wildman–Crippen LogP) is 2.00. The summed E-state index contributed by atoms with van der Waals surface area (Å²) in [4.78, 5) is 11.1. The molecule has 4 nitrogen and oxygen atoms in total. The minimum Gasteiger partial charge on any atom is -0.378 e. The molecular weight excluding hydrogens is 252 g/mol. The van der Waals surface area contributed by atoms with Gasteiger partial charge in [0.25, 0.3) is 0 Å². The lowest BCUT2D eigenvalue weighted by molar-refractivity contribution is 0.0872. The molecule has 0 radical (unpaired) electrons. The number of rotatable bonds is 6. The molecule has 4 heteroatoms. The maximum absolute atomic E-state index is 11.1. The molecular formula is C16H24N2O2. The summed E-state index contributed by atoms with van der Waals surface area (Å²) in [7, 11) is 0. The number of aryl methyl sites for hydroxylation is 1. The largest absolute Gasteiger partial charge is 0.378 e. The number of carbonyl (C=O) groups excluding carboxylic acids is 1. The number of ether oxygens (including phenoxy) is 1. The molecule has 1 aliphatic rings. The van der Waals surface area contributed by atoms with E-state index in [1.54, 1.807) is 6.07 Å². The molecule has 3 N–H and O–H groups in total. The Labute approximate surface area is 120 Å².